The maximum atomic E-state index is 4.49. The molecule has 0 spiro atoms. The highest BCUT2D eigenvalue weighted by Crippen LogP contribution is 2.31. The minimum Gasteiger partial charge on any atom is -0.362 e. The van der Waals surface area contributed by atoms with Gasteiger partial charge in [-0.3, -0.25) is 4.98 Å². The second-order valence-electron chi connectivity index (χ2n) is 6.37. The first kappa shape index (κ1) is 15.5. The minimum atomic E-state index is 0.742. The molecule has 0 atom stereocenters. The van der Waals surface area contributed by atoms with Gasteiger partial charge in [0.15, 0.2) is 11.6 Å². The third-order valence-corrected chi connectivity index (χ3v) is 5.30. The normalized spacial score (nSPS) is 13.8. The Morgan fingerprint density at radius 2 is 1.81 bits per heavy atom. The number of benzene rings is 2. The first-order valence-corrected chi connectivity index (χ1v) is 9.35. The van der Waals surface area contributed by atoms with E-state index < -0.39 is 0 Å². The van der Waals surface area contributed by atoms with Crippen LogP contribution >= 0.6 is 15.9 Å². The molecule has 5 rings (SSSR count). The molecule has 0 bridgehead atoms. The van der Waals surface area contributed by atoms with Crippen molar-refractivity contribution in [2.75, 3.05) is 11.4 Å². The van der Waals surface area contributed by atoms with Crippen LogP contribution in [0.3, 0.4) is 0 Å². The number of nitrogens with zero attached hydrogens (tertiary/aromatic N) is 5. The van der Waals surface area contributed by atoms with Crippen molar-refractivity contribution in [1.82, 2.24) is 19.7 Å². The van der Waals surface area contributed by atoms with E-state index in [1.54, 1.807) is 0 Å². The van der Waals surface area contributed by atoms with Crippen LogP contribution in [0.25, 0.3) is 22.3 Å². The van der Waals surface area contributed by atoms with Gasteiger partial charge in [-0.25, -0.2) is 0 Å². The van der Waals surface area contributed by atoms with E-state index in [0.717, 1.165) is 52.2 Å². The average molecular weight is 406 g/mol. The highest BCUT2D eigenvalue weighted by molar-refractivity contribution is 9.10. The zero-order valence-electron chi connectivity index (χ0n) is 14.0. The second-order valence-corrected chi connectivity index (χ2v) is 7.29. The lowest BCUT2D eigenvalue weighted by atomic mass is 10.1. The van der Waals surface area contributed by atoms with Crippen molar-refractivity contribution < 1.29 is 0 Å². The number of hydrogen-bond donors (Lipinski definition) is 0. The third kappa shape index (κ3) is 2.57. The molecule has 0 amide bonds. The van der Waals surface area contributed by atoms with Crippen molar-refractivity contribution in [3.8, 4) is 11.4 Å². The molecule has 0 saturated heterocycles. The number of fused-ring (bicyclic) bond motifs is 2. The smallest absolute Gasteiger partial charge is 0.164 e. The van der Waals surface area contributed by atoms with Crippen LogP contribution in [0.1, 0.15) is 5.82 Å². The van der Waals surface area contributed by atoms with Crippen molar-refractivity contribution >= 4 is 32.5 Å². The average Bonchev–Trinajstić information content (AvgIpc) is 3.11. The molecule has 0 fully saturated rings. The Labute approximate surface area is 159 Å². The van der Waals surface area contributed by atoms with Crippen LogP contribution in [-0.2, 0) is 13.1 Å². The summed E-state index contributed by atoms with van der Waals surface area (Å²) in [4.78, 5) is 6.84. The summed E-state index contributed by atoms with van der Waals surface area (Å²) >= 11 is 3.57. The fourth-order valence-electron chi connectivity index (χ4n) is 3.54. The lowest BCUT2D eigenvalue weighted by molar-refractivity contribution is 0.565. The van der Waals surface area contributed by atoms with Crippen LogP contribution < -0.4 is 4.90 Å². The molecule has 3 heterocycles. The van der Waals surface area contributed by atoms with E-state index in [1.807, 2.05) is 36.5 Å². The number of anilines is 1. The number of halogens is 1. The predicted octanol–water partition coefficient (Wildman–Crippen LogP) is 4.28. The molecule has 4 aromatic rings. The molecule has 2 aromatic heterocycles. The Morgan fingerprint density at radius 3 is 2.69 bits per heavy atom. The Balaban J connectivity index is 1.53. The monoisotopic (exact) mass is 405 g/mol. The van der Waals surface area contributed by atoms with Crippen molar-refractivity contribution in [1.29, 1.82) is 0 Å². The fourth-order valence-corrected chi connectivity index (χ4v) is 3.90. The van der Waals surface area contributed by atoms with E-state index in [4.69, 9.17) is 0 Å². The molecular weight excluding hydrogens is 390 g/mol. The van der Waals surface area contributed by atoms with Crippen molar-refractivity contribution in [2.24, 2.45) is 0 Å². The highest BCUT2D eigenvalue weighted by atomic mass is 79.9. The van der Waals surface area contributed by atoms with Crippen LogP contribution in [0, 0.1) is 0 Å². The lowest BCUT2D eigenvalue weighted by Crippen LogP contribution is -2.34. The number of rotatable bonds is 2. The number of aromatic nitrogens is 4. The Kier molecular flexibility index (Phi) is 3.71. The molecule has 2 aromatic carbocycles. The van der Waals surface area contributed by atoms with E-state index in [0.29, 0.717) is 0 Å². The molecule has 1 aliphatic heterocycles. The quantitative estimate of drug-likeness (QED) is 0.499. The Bertz CT molecular complexity index is 1090. The molecule has 6 heteroatoms. The van der Waals surface area contributed by atoms with Crippen LogP contribution in [-0.4, -0.2) is 26.3 Å². The molecule has 0 unspecified atom stereocenters. The van der Waals surface area contributed by atoms with Crippen molar-refractivity contribution in [2.45, 2.75) is 13.1 Å². The molecule has 0 saturated carbocycles. The van der Waals surface area contributed by atoms with Crippen LogP contribution in [0.2, 0.25) is 0 Å². The van der Waals surface area contributed by atoms with Gasteiger partial charge < -0.3 is 9.47 Å². The topological polar surface area (TPSA) is 46.8 Å². The molecule has 0 radical (unpaired) electrons. The second kappa shape index (κ2) is 6.21. The van der Waals surface area contributed by atoms with Crippen molar-refractivity contribution in [3.63, 3.8) is 0 Å². The molecule has 0 N–H and O–H groups in total. The van der Waals surface area contributed by atoms with Crippen LogP contribution in [0.15, 0.2) is 65.3 Å². The van der Waals surface area contributed by atoms with Gasteiger partial charge in [0.05, 0.1) is 12.1 Å². The maximum Gasteiger partial charge on any atom is 0.164 e. The molecule has 5 nitrogen and oxygen atoms in total. The zero-order chi connectivity index (χ0) is 17.5. The van der Waals surface area contributed by atoms with Gasteiger partial charge in [-0.15, -0.1) is 10.2 Å². The molecular formula is C20H16BrN5. The Morgan fingerprint density at radius 1 is 0.923 bits per heavy atom. The summed E-state index contributed by atoms with van der Waals surface area (Å²) in [5, 5.41) is 10.0. The van der Waals surface area contributed by atoms with Gasteiger partial charge >= 0.3 is 0 Å². The summed E-state index contributed by atoms with van der Waals surface area (Å²) in [6.07, 6.45) is 1.88. The van der Waals surface area contributed by atoms with Crippen LogP contribution in [0.4, 0.5) is 5.69 Å². The molecule has 0 aliphatic carbocycles. The summed E-state index contributed by atoms with van der Waals surface area (Å²) < 4.78 is 3.29. The van der Waals surface area contributed by atoms with Crippen LogP contribution in [0.5, 0.6) is 0 Å². The fraction of sp³-hybridized carbons (Fsp3) is 0.150. The van der Waals surface area contributed by atoms with Gasteiger partial charge in [-0.1, -0.05) is 46.3 Å². The summed E-state index contributed by atoms with van der Waals surface area (Å²) in [6, 6.07) is 18.5. The Hall–Kier alpha value is -2.73. The van der Waals surface area contributed by atoms with E-state index in [2.05, 4.69) is 64.8 Å². The number of pyridine rings is 1. The van der Waals surface area contributed by atoms with Gasteiger partial charge in [0.25, 0.3) is 0 Å². The molecule has 128 valence electrons. The standard InChI is InChI=1S/C20H16BrN5/c21-15-6-7-17-16(12-15)18(8-9-22-17)25-10-11-26-19(13-25)23-24-20(26)14-4-2-1-3-5-14/h1-9,12H,10-11,13H2. The zero-order valence-corrected chi connectivity index (χ0v) is 15.6. The highest BCUT2D eigenvalue weighted by Gasteiger charge is 2.23. The van der Waals surface area contributed by atoms with Crippen molar-refractivity contribution in [3.05, 3.63) is 71.1 Å². The summed E-state index contributed by atoms with van der Waals surface area (Å²) in [5.41, 5.74) is 3.30. The van der Waals surface area contributed by atoms with E-state index in [-0.39, 0.29) is 0 Å². The third-order valence-electron chi connectivity index (χ3n) is 4.81. The summed E-state index contributed by atoms with van der Waals surface area (Å²) in [5.74, 6) is 1.94. The first-order chi connectivity index (χ1) is 12.8. The molecule has 26 heavy (non-hydrogen) atoms. The van der Waals surface area contributed by atoms with E-state index >= 15 is 0 Å². The molecule has 1 aliphatic rings. The predicted molar refractivity (Wildman–Crippen MR) is 106 cm³/mol. The van der Waals surface area contributed by atoms with Gasteiger partial charge in [-0.2, -0.15) is 0 Å². The lowest BCUT2D eigenvalue weighted by Gasteiger charge is -2.30. The van der Waals surface area contributed by atoms with E-state index in [9.17, 15) is 0 Å². The minimum absolute atomic E-state index is 0.742. The summed E-state index contributed by atoms with van der Waals surface area (Å²) in [7, 11) is 0. The largest absolute Gasteiger partial charge is 0.362 e. The van der Waals surface area contributed by atoms with Gasteiger partial charge in [0.2, 0.25) is 0 Å². The maximum absolute atomic E-state index is 4.49. The van der Waals surface area contributed by atoms with Gasteiger partial charge in [0.1, 0.15) is 0 Å². The van der Waals surface area contributed by atoms with Gasteiger partial charge in [-0.05, 0) is 24.3 Å². The van der Waals surface area contributed by atoms with E-state index in [1.165, 1.54) is 5.69 Å². The summed E-state index contributed by atoms with van der Waals surface area (Å²) in [6.45, 7) is 2.52. The SMILES string of the molecule is Brc1ccc2nccc(N3CCn4c(nnc4-c4ccccc4)C3)c2c1. The van der Waals surface area contributed by atoms with Gasteiger partial charge in [0, 0.05) is 40.4 Å². The first-order valence-electron chi connectivity index (χ1n) is 8.56. The number of hydrogen-bond acceptors (Lipinski definition) is 4.